The van der Waals surface area contributed by atoms with Crippen LogP contribution in [-0.4, -0.2) is 25.6 Å². The standard InChI is InChI=1S/C22H25NO4S/c1-26-22(25)20-17-8-3-2-4-9-18(17)28-21(20)23-19(24)13-27-16-11-10-14-6-5-7-15(14)12-16/h10-12H,2-9,13H2,1H3,(H,23,24). The molecule has 1 heterocycles. The van der Waals surface area contributed by atoms with Gasteiger partial charge in [-0.2, -0.15) is 0 Å². The Bertz CT molecular complexity index is 902. The van der Waals surface area contributed by atoms with E-state index in [2.05, 4.69) is 11.4 Å². The number of nitrogens with one attached hydrogen (secondary N) is 1. The number of fused-ring (bicyclic) bond motifs is 2. The minimum atomic E-state index is -0.380. The molecule has 0 atom stereocenters. The van der Waals surface area contributed by atoms with E-state index in [1.807, 2.05) is 12.1 Å². The van der Waals surface area contributed by atoms with Crippen LogP contribution in [0, 0.1) is 0 Å². The van der Waals surface area contributed by atoms with Crippen molar-refractivity contribution in [3.05, 3.63) is 45.3 Å². The number of esters is 1. The Morgan fingerprint density at radius 1 is 1.04 bits per heavy atom. The summed E-state index contributed by atoms with van der Waals surface area (Å²) in [5.41, 5.74) is 4.26. The fourth-order valence-corrected chi connectivity index (χ4v) is 5.39. The molecule has 1 N–H and O–H groups in total. The van der Waals surface area contributed by atoms with Crippen molar-refractivity contribution < 1.29 is 19.1 Å². The third-order valence-corrected chi connectivity index (χ3v) is 6.71. The molecule has 0 aliphatic heterocycles. The Hall–Kier alpha value is -2.34. The summed E-state index contributed by atoms with van der Waals surface area (Å²) in [6.07, 6.45) is 8.52. The van der Waals surface area contributed by atoms with E-state index in [1.54, 1.807) is 0 Å². The molecule has 0 spiro atoms. The first-order chi connectivity index (χ1) is 13.7. The monoisotopic (exact) mass is 399 g/mol. The number of carbonyl (C=O) groups is 2. The Kier molecular flexibility index (Phi) is 5.67. The van der Waals surface area contributed by atoms with Crippen LogP contribution in [0.4, 0.5) is 5.00 Å². The summed E-state index contributed by atoms with van der Waals surface area (Å²) in [4.78, 5) is 26.0. The van der Waals surface area contributed by atoms with Gasteiger partial charge in [0, 0.05) is 4.88 Å². The summed E-state index contributed by atoms with van der Waals surface area (Å²) in [7, 11) is 1.38. The van der Waals surface area contributed by atoms with Crippen molar-refractivity contribution in [3.8, 4) is 5.75 Å². The molecule has 28 heavy (non-hydrogen) atoms. The quantitative estimate of drug-likeness (QED) is 0.601. The Morgan fingerprint density at radius 3 is 2.71 bits per heavy atom. The molecule has 2 aliphatic rings. The molecule has 1 aromatic heterocycles. The van der Waals surface area contributed by atoms with E-state index in [-0.39, 0.29) is 18.5 Å². The molecule has 4 rings (SSSR count). The molecule has 0 bridgehead atoms. The molecule has 2 aliphatic carbocycles. The van der Waals surface area contributed by atoms with E-state index in [9.17, 15) is 9.59 Å². The van der Waals surface area contributed by atoms with E-state index >= 15 is 0 Å². The normalized spacial score (nSPS) is 15.3. The van der Waals surface area contributed by atoms with Gasteiger partial charge in [-0.05, 0) is 73.8 Å². The molecule has 0 fully saturated rings. The average molecular weight is 400 g/mol. The van der Waals surface area contributed by atoms with Gasteiger partial charge >= 0.3 is 5.97 Å². The molecular weight excluding hydrogens is 374 g/mol. The van der Waals surface area contributed by atoms with E-state index in [0.29, 0.717) is 16.3 Å². The highest BCUT2D eigenvalue weighted by molar-refractivity contribution is 7.17. The van der Waals surface area contributed by atoms with Crippen molar-refractivity contribution in [2.45, 2.75) is 51.4 Å². The maximum Gasteiger partial charge on any atom is 0.341 e. The van der Waals surface area contributed by atoms with Gasteiger partial charge in [0.1, 0.15) is 10.8 Å². The molecule has 6 heteroatoms. The fourth-order valence-electron chi connectivity index (χ4n) is 4.10. The van der Waals surface area contributed by atoms with Crippen molar-refractivity contribution in [2.75, 3.05) is 19.0 Å². The summed E-state index contributed by atoms with van der Waals surface area (Å²) < 4.78 is 10.7. The Morgan fingerprint density at radius 2 is 1.86 bits per heavy atom. The Labute approximate surface area is 169 Å². The molecule has 2 aromatic rings. The second kappa shape index (κ2) is 8.35. The highest BCUT2D eigenvalue weighted by Gasteiger charge is 2.26. The number of ether oxygens (including phenoxy) is 2. The predicted octanol–water partition coefficient (Wildman–Crippen LogP) is 4.31. The molecule has 0 unspecified atom stereocenters. The highest BCUT2D eigenvalue weighted by Crippen LogP contribution is 2.38. The van der Waals surface area contributed by atoms with Gasteiger partial charge in [0.05, 0.1) is 12.7 Å². The maximum absolute atomic E-state index is 12.5. The van der Waals surface area contributed by atoms with Gasteiger partial charge in [-0.15, -0.1) is 11.3 Å². The van der Waals surface area contributed by atoms with Gasteiger partial charge in [0.25, 0.3) is 5.91 Å². The molecule has 0 radical (unpaired) electrons. The summed E-state index contributed by atoms with van der Waals surface area (Å²) in [5.74, 6) is 0.0715. The summed E-state index contributed by atoms with van der Waals surface area (Å²) in [5, 5.41) is 3.46. The minimum absolute atomic E-state index is 0.0814. The number of thiophene rings is 1. The lowest BCUT2D eigenvalue weighted by atomic mass is 10.1. The lowest BCUT2D eigenvalue weighted by Gasteiger charge is -2.10. The molecule has 0 saturated heterocycles. The highest BCUT2D eigenvalue weighted by atomic mass is 32.1. The number of aryl methyl sites for hydroxylation is 3. The SMILES string of the molecule is COC(=O)c1c(NC(=O)COc2ccc3c(c2)CCC3)sc2c1CCCCC2. The predicted molar refractivity (Wildman–Crippen MR) is 110 cm³/mol. The van der Waals surface area contributed by atoms with Gasteiger partial charge in [-0.3, -0.25) is 4.79 Å². The van der Waals surface area contributed by atoms with Gasteiger partial charge in [-0.1, -0.05) is 12.5 Å². The molecule has 0 saturated carbocycles. The van der Waals surface area contributed by atoms with Crippen molar-refractivity contribution in [1.82, 2.24) is 0 Å². The van der Waals surface area contributed by atoms with Crippen LogP contribution in [0.25, 0.3) is 0 Å². The zero-order valence-corrected chi connectivity index (χ0v) is 17.0. The topological polar surface area (TPSA) is 64.6 Å². The van der Waals surface area contributed by atoms with Crippen molar-refractivity contribution in [2.24, 2.45) is 0 Å². The fraction of sp³-hybridized carbons (Fsp3) is 0.455. The smallest absolute Gasteiger partial charge is 0.341 e. The van der Waals surface area contributed by atoms with Gasteiger partial charge in [-0.25, -0.2) is 4.79 Å². The van der Waals surface area contributed by atoms with Crippen molar-refractivity contribution >= 4 is 28.2 Å². The zero-order chi connectivity index (χ0) is 19.5. The third kappa shape index (κ3) is 3.92. The molecule has 5 nitrogen and oxygen atoms in total. The van der Waals surface area contributed by atoms with Crippen LogP contribution in [-0.2, 0) is 35.2 Å². The first-order valence-corrected chi connectivity index (χ1v) is 10.7. The number of anilines is 1. The Balaban J connectivity index is 1.46. The van der Waals surface area contributed by atoms with Crippen LogP contribution in [0.15, 0.2) is 18.2 Å². The lowest BCUT2D eigenvalue weighted by molar-refractivity contribution is -0.118. The lowest BCUT2D eigenvalue weighted by Crippen LogP contribution is -2.21. The zero-order valence-electron chi connectivity index (χ0n) is 16.1. The van der Waals surface area contributed by atoms with E-state index in [4.69, 9.17) is 9.47 Å². The van der Waals surface area contributed by atoms with Crippen LogP contribution in [0.2, 0.25) is 0 Å². The summed E-state index contributed by atoms with van der Waals surface area (Å²) in [6, 6.07) is 6.04. The first-order valence-electron chi connectivity index (χ1n) is 9.93. The van der Waals surface area contributed by atoms with E-state index in [0.717, 1.165) is 44.1 Å². The van der Waals surface area contributed by atoms with Crippen molar-refractivity contribution in [1.29, 1.82) is 0 Å². The number of rotatable bonds is 5. The number of carbonyl (C=O) groups excluding carboxylic acids is 2. The first kappa shape index (κ1) is 19.0. The van der Waals surface area contributed by atoms with Crippen LogP contribution in [0.5, 0.6) is 5.75 Å². The number of hydrogen-bond acceptors (Lipinski definition) is 5. The summed E-state index contributed by atoms with van der Waals surface area (Å²) >= 11 is 1.50. The molecule has 1 amide bonds. The largest absolute Gasteiger partial charge is 0.484 e. The van der Waals surface area contributed by atoms with Gasteiger partial charge < -0.3 is 14.8 Å². The average Bonchev–Trinajstić information content (AvgIpc) is 3.23. The number of benzene rings is 1. The maximum atomic E-state index is 12.5. The molecule has 148 valence electrons. The van der Waals surface area contributed by atoms with Gasteiger partial charge in [0.15, 0.2) is 6.61 Å². The van der Waals surface area contributed by atoms with Crippen molar-refractivity contribution in [3.63, 3.8) is 0 Å². The van der Waals surface area contributed by atoms with E-state index in [1.165, 1.54) is 47.3 Å². The number of methoxy groups -OCH3 is 1. The van der Waals surface area contributed by atoms with E-state index < -0.39 is 0 Å². The van der Waals surface area contributed by atoms with Crippen LogP contribution >= 0.6 is 11.3 Å². The second-order valence-electron chi connectivity index (χ2n) is 7.38. The molecule has 1 aromatic carbocycles. The van der Waals surface area contributed by atoms with Gasteiger partial charge in [0.2, 0.25) is 0 Å². The van der Waals surface area contributed by atoms with Crippen LogP contribution in [0.3, 0.4) is 0 Å². The number of amides is 1. The van der Waals surface area contributed by atoms with Crippen LogP contribution in [0.1, 0.15) is 57.6 Å². The molecular formula is C22H25NO4S. The van der Waals surface area contributed by atoms with Crippen LogP contribution < -0.4 is 10.1 Å². The number of hydrogen-bond donors (Lipinski definition) is 1. The summed E-state index contributed by atoms with van der Waals surface area (Å²) in [6.45, 7) is -0.0814. The third-order valence-electron chi connectivity index (χ3n) is 5.50. The minimum Gasteiger partial charge on any atom is -0.484 e. The second-order valence-corrected chi connectivity index (χ2v) is 8.49.